The third-order valence-corrected chi connectivity index (χ3v) is 2.91. The molecule has 0 radical (unpaired) electrons. The molecule has 1 rings (SSSR count). The quantitative estimate of drug-likeness (QED) is 0.670. The molecule has 0 aliphatic heterocycles. The zero-order chi connectivity index (χ0) is 9.14. The molecule has 0 spiro atoms. The van der Waals surface area contributed by atoms with Crippen LogP contribution in [0, 0.1) is 11.8 Å². The van der Waals surface area contributed by atoms with Crippen LogP contribution in [0.1, 0.15) is 33.6 Å². The maximum absolute atomic E-state index is 8.82. The number of aliphatic hydroxyl groups is 1. The lowest BCUT2D eigenvalue weighted by atomic mass is 9.73. The Labute approximate surface area is 75.4 Å². The summed E-state index contributed by atoms with van der Waals surface area (Å²) in [6, 6.07) is 0.933. The highest BCUT2D eigenvalue weighted by molar-refractivity contribution is 4.87. The van der Waals surface area contributed by atoms with Crippen LogP contribution in [-0.4, -0.2) is 23.8 Å². The Morgan fingerprint density at radius 3 is 2.33 bits per heavy atom. The summed E-state index contributed by atoms with van der Waals surface area (Å²) in [6.45, 7) is 6.86. The first kappa shape index (κ1) is 10.0. The normalized spacial score (nSPS) is 31.8. The van der Waals surface area contributed by atoms with E-state index in [0.29, 0.717) is 6.04 Å². The first-order valence-corrected chi connectivity index (χ1v) is 5.00. The van der Waals surface area contributed by atoms with Gasteiger partial charge in [0.25, 0.3) is 0 Å². The molecule has 0 aromatic heterocycles. The molecular weight excluding hydrogens is 150 g/mol. The summed E-state index contributed by atoms with van der Waals surface area (Å²) in [5.74, 6) is 1.74. The van der Waals surface area contributed by atoms with Crippen molar-refractivity contribution >= 4 is 0 Å². The largest absolute Gasteiger partial charge is 0.395 e. The minimum absolute atomic E-state index is 0.253. The van der Waals surface area contributed by atoms with Crippen molar-refractivity contribution in [3.05, 3.63) is 0 Å². The molecule has 0 heterocycles. The van der Waals surface area contributed by atoms with Crippen LogP contribution in [0.4, 0.5) is 0 Å². The minimum Gasteiger partial charge on any atom is -0.395 e. The van der Waals surface area contributed by atoms with Gasteiger partial charge in [0.1, 0.15) is 0 Å². The van der Waals surface area contributed by atoms with Gasteiger partial charge < -0.3 is 10.4 Å². The molecular formula is C10H21NO. The third kappa shape index (κ3) is 2.46. The predicted octanol–water partition coefficient (Wildman–Crippen LogP) is 1.39. The van der Waals surface area contributed by atoms with Crippen molar-refractivity contribution in [2.45, 2.75) is 45.7 Å². The van der Waals surface area contributed by atoms with Crippen LogP contribution in [0.2, 0.25) is 0 Å². The van der Waals surface area contributed by atoms with Crippen molar-refractivity contribution in [2.75, 3.05) is 6.61 Å². The fraction of sp³-hybridized carbons (Fsp3) is 1.00. The van der Waals surface area contributed by atoms with Gasteiger partial charge in [-0.25, -0.2) is 0 Å². The maximum Gasteiger partial charge on any atom is 0.0582 e. The first-order chi connectivity index (χ1) is 5.63. The van der Waals surface area contributed by atoms with Gasteiger partial charge in [0.15, 0.2) is 0 Å². The van der Waals surface area contributed by atoms with Crippen molar-refractivity contribution in [2.24, 2.45) is 11.8 Å². The fourth-order valence-electron chi connectivity index (χ4n) is 1.80. The Morgan fingerprint density at radius 2 is 1.92 bits per heavy atom. The Kier molecular flexibility index (Phi) is 3.53. The number of rotatable bonds is 4. The molecule has 2 heteroatoms. The lowest BCUT2D eigenvalue weighted by Crippen LogP contribution is -2.47. The Bertz CT molecular complexity index is 130. The average Bonchev–Trinajstić information content (AvgIpc) is 1.94. The van der Waals surface area contributed by atoms with Crippen LogP contribution in [0.5, 0.6) is 0 Å². The standard InChI is InChI=1S/C10H21NO/c1-7(2)9-4-10(5-9)11-8(3)6-12/h7-12H,4-6H2,1-3H3. The van der Waals surface area contributed by atoms with E-state index in [-0.39, 0.29) is 12.6 Å². The van der Waals surface area contributed by atoms with Gasteiger partial charge in [-0.15, -0.1) is 0 Å². The van der Waals surface area contributed by atoms with Crippen LogP contribution in [0.25, 0.3) is 0 Å². The lowest BCUT2D eigenvalue weighted by Gasteiger charge is -2.39. The molecule has 1 saturated carbocycles. The van der Waals surface area contributed by atoms with Gasteiger partial charge in [-0.2, -0.15) is 0 Å². The molecule has 2 N–H and O–H groups in total. The second-order valence-electron chi connectivity index (χ2n) is 4.42. The average molecular weight is 171 g/mol. The van der Waals surface area contributed by atoms with Gasteiger partial charge in [0.05, 0.1) is 6.61 Å². The summed E-state index contributed by atoms with van der Waals surface area (Å²) < 4.78 is 0. The zero-order valence-electron chi connectivity index (χ0n) is 8.38. The summed E-state index contributed by atoms with van der Waals surface area (Å²) >= 11 is 0. The van der Waals surface area contributed by atoms with E-state index in [9.17, 15) is 0 Å². The molecule has 1 aliphatic rings. The second kappa shape index (κ2) is 4.24. The van der Waals surface area contributed by atoms with E-state index in [0.717, 1.165) is 11.8 Å². The van der Waals surface area contributed by atoms with Gasteiger partial charge in [0, 0.05) is 12.1 Å². The highest BCUT2D eigenvalue weighted by atomic mass is 16.3. The van der Waals surface area contributed by atoms with Crippen molar-refractivity contribution in [3.8, 4) is 0 Å². The molecule has 2 nitrogen and oxygen atoms in total. The van der Waals surface area contributed by atoms with Crippen molar-refractivity contribution < 1.29 is 5.11 Å². The fourth-order valence-corrected chi connectivity index (χ4v) is 1.80. The highest BCUT2D eigenvalue weighted by Crippen LogP contribution is 2.33. The minimum atomic E-state index is 0.253. The van der Waals surface area contributed by atoms with E-state index < -0.39 is 0 Å². The Balaban J connectivity index is 2.09. The molecule has 1 atom stereocenters. The lowest BCUT2D eigenvalue weighted by molar-refractivity contribution is 0.142. The van der Waals surface area contributed by atoms with Crippen molar-refractivity contribution in [3.63, 3.8) is 0 Å². The number of hydrogen-bond acceptors (Lipinski definition) is 2. The zero-order valence-corrected chi connectivity index (χ0v) is 8.38. The van der Waals surface area contributed by atoms with Crippen LogP contribution in [0.15, 0.2) is 0 Å². The molecule has 0 aromatic rings. The number of hydrogen-bond donors (Lipinski definition) is 2. The number of aliphatic hydroxyl groups excluding tert-OH is 1. The van der Waals surface area contributed by atoms with E-state index in [4.69, 9.17) is 5.11 Å². The summed E-state index contributed by atoms with van der Waals surface area (Å²) in [4.78, 5) is 0. The molecule has 72 valence electrons. The highest BCUT2D eigenvalue weighted by Gasteiger charge is 2.31. The molecule has 1 unspecified atom stereocenters. The SMILES string of the molecule is CC(CO)NC1CC(C(C)C)C1. The molecule has 0 aromatic carbocycles. The van der Waals surface area contributed by atoms with E-state index in [1.165, 1.54) is 12.8 Å². The summed E-state index contributed by atoms with van der Waals surface area (Å²) in [7, 11) is 0. The van der Waals surface area contributed by atoms with Gasteiger partial charge >= 0.3 is 0 Å². The van der Waals surface area contributed by atoms with Gasteiger partial charge in [-0.3, -0.25) is 0 Å². The number of nitrogens with one attached hydrogen (secondary N) is 1. The van der Waals surface area contributed by atoms with E-state index >= 15 is 0 Å². The van der Waals surface area contributed by atoms with E-state index in [2.05, 4.69) is 19.2 Å². The van der Waals surface area contributed by atoms with Gasteiger partial charge in [0.2, 0.25) is 0 Å². The summed E-state index contributed by atoms with van der Waals surface area (Å²) in [5.41, 5.74) is 0. The molecule has 0 bridgehead atoms. The summed E-state index contributed by atoms with van der Waals surface area (Å²) in [5, 5.41) is 12.2. The van der Waals surface area contributed by atoms with Gasteiger partial charge in [-0.1, -0.05) is 13.8 Å². The van der Waals surface area contributed by atoms with E-state index in [1.807, 2.05) is 6.92 Å². The Morgan fingerprint density at radius 1 is 1.33 bits per heavy atom. The summed E-state index contributed by atoms with van der Waals surface area (Å²) in [6.07, 6.45) is 2.59. The van der Waals surface area contributed by atoms with Crippen LogP contribution in [-0.2, 0) is 0 Å². The maximum atomic E-state index is 8.82. The van der Waals surface area contributed by atoms with Crippen LogP contribution in [0.3, 0.4) is 0 Å². The monoisotopic (exact) mass is 171 g/mol. The van der Waals surface area contributed by atoms with Crippen LogP contribution >= 0.6 is 0 Å². The first-order valence-electron chi connectivity index (χ1n) is 5.00. The topological polar surface area (TPSA) is 32.3 Å². The smallest absolute Gasteiger partial charge is 0.0582 e. The van der Waals surface area contributed by atoms with Crippen molar-refractivity contribution in [1.82, 2.24) is 5.32 Å². The second-order valence-corrected chi connectivity index (χ2v) is 4.42. The molecule has 12 heavy (non-hydrogen) atoms. The molecule has 1 aliphatic carbocycles. The van der Waals surface area contributed by atoms with Crippen molar-refractivity contribution in [1.29, 1.82) is 0 Å². The Hall–Kier alpha value is -0.0800. The van der Waals surface area contributed by atoms with E-state index in [1.54, 1.807) is 0 Å². The molecule has 0 saturated heterocycles. The third-order valence-electron chi connectivity index (χ3n) is 2.91. The molecule has 0 amide bonds. The van der Waals surface area contributed by atoms with Gasteiger partial charge in [-0.05, 0) is 31.6 Å². The van der Waals surface area contributed by atoms with Crippen LogP contribution < -0.4 is 5.32 Å². The predicted molar refractivity (Wildman–Crippen MR) is 51.0 cm³/mol. The molecule has 1 fully saturated rings.